The van der Waals surface area contributed by atoms with Crippen molar-refractivity contribution in [2.75, 3.05) is 23.4 Å². The lowest BCUT2D eigenvalue weighted by atomic mass is 10.2. The first-order valence-electron chi connectivity index (χ1n) is 7.40. The molecule has 2 aromatic rings. The van der Waals surface area contributed by atoms with Gasteiger partial charge in [0.25, 0.3) is 0 Å². The van der Waals surface area contributed by atoms with E-state index in [0.29, 0.717) is 6.54 Å². The Kier molecular flexibility index (Phi) is 4.36. The topological polar surface area (TPSA) is 27.3 Å². The van der Waals surface area contributed by atoms with Gasteiger partial charge in [0.1, 0.15) is 5.82 Å². The molecule has 0 atom stereocenters. The summed E-state index contributed by atoms with van der Waals surface area (Å²) in [5.74, 6) is -0.129. The van der Waals surface area contributed by atoms with Crippen LogP contribution < -0.4 is 15.8 Å². The Labute approximate surface area is 124 Å². The van der Waals surface area contributed by atoms with Crippen molar-refractivity contribution >= 4 is 11.4 Å². The fourth-order valence-electron chi connectivity index (χ4n) is 2.64. The highest BCUT2D eigenvalue weighted by molar-refractivity contribution is 5.50. The summed E-state index contributed by atoms with van der Waals surface area (Å²) in [6.45, 7) is 2.50. The Balaban J connectivity index is 1.57. The van der Waals surface area contributed by atoms with E-state index in [-0.39, 0.29) is 5.82 Å². The van der Waals surface area contributed by atoms with Crippen LogP contribution in [0.5, 0.6) is 0 Å². The molecule has 2 aromatic carbocycles. The third-order valence-corrected chi connectivity index (χ3v) is 3.76. The number of rotatable bonds is 5. The van der Waals surface area contributed by atoms with Gasteiger partial charge >= 0.3 is 0 Å². The van der Waals surface area contributed by atoms with Crippen molar-refractivity contribution in [1.29, 1.82) is 0 Å². The van der Waals surface area contributed by atoms with Crippen LogP contribution in [0.2, 0.25) is 0 Å². The fraction of sp³-hybridized carbons (Fsp3) is 0.294. The van der Waals surface area contributed by atoms with Gasteiger partial charge in [-0.15, -0.1) is 0 Å². The predicted octanol–water partition coefficient (Wildman–Crippen LogP) is 3.54. The van der Waals surface area contributed by atoms with E-state index in [4.69, 9.17) is 0 Å². The largest absolute Gasteiger partial charge is 0.369 e. The van der Waals surface area contributed by atoms with Crippen molar-refractivity contribution in [2.24, 2.45) is 0 Å². The highest BCUT2D eigenvalue weighted by Crippen LogP contribution is 2.24. The molecule has 0 amide bonds. The minimum atomic E-state index is -0.129. The van der Waals surface area contributed by atoms with Gasteiger partial charge in [-0.1, -0.05) is 24.3 Å². The zero-order valence-electron chi connectivity index (χ0n) is 12.0. The lowest BCUT2D eigenvalue weighted by Crippen LogP contribution is -2.22. The van der Waals surface area contributed by atoms with E-state index in [0.717, 1.165) is 42.9 Å². The SMILES string of the molecule is Fc1cc(CNNc2ccccc2)ccc1N1CCCC1. The third kappa shape index (κ3) is 3.52. The molecule has 110 valence electrons. The maximum Gasteiger partial charge on any atom is 0.146 e. The monoisotopic (exact) mass is 285 g/mol. The standard InChI is InChI=1S/C17H20FN3/c18-16-12-14(8-9-17(16)21-10-4-5-11-21)13-19-20-15-6-2-1-3-7-15/h1-3,6-9,12,19-20H,4-5,10-11,13H2. The molecule has 0 unspecified atom stereocenters. The van der Waals surface area contributed by atoms with Crippen LogP contribution in [0.1, 0.15) is 18.4 Å². The number of para-hydroxylation sites is 1. The smallest absolute Gasteiger partial charge is 0.146 e. The fourth-order valence-corrected chi connectivity index (χ4v) is 2.64. The van der Waals surface area contributed by atoms with E-state index in [1.165, 1.54) is 0 Å². The quantitative estimate of drug-likeness (QED) is 0.823. The number of hydrazine groups is 1. The van der Waals surface area contributed by atoms with Gasteiger partial charge in [-0.05, 0) is 42.7 Å². The molecule has 21 heavy (non-hydrogen) atoms. The second-order valence-electron chi connectivity index (χ2n) is 5.32. The van der Waals surface area contributed by atoms with Crippen LogP contribution in [0.4, 0.5) is 15.8 Å². The average Bonchev–Trinajstić information content (AvgIpc) is 3.02. The summed E-state index contributed by atoms with van der Waals surface area (Å²) in [6, 6.07) is 15.3. The van der Waals surface area contributed by atoms with Gasteiger partial charge in [-0.25, -0.2) is 9.82 Å². The summed E-state index contributed by atoms with van der Waals surface area (Å²) >= 11 is 0. The number of nitrogens with zero attached hydrogens (tertiary/aromatic N) is 1. The molecule has 0 bridgehead atoms. The van der Waals surface area contributed by atoms with Crippen LogP contribution >= 0.6 is 0 Å². The Bertz CT molecular complexity index is 580. The highest BCUT2D eigenvalue weighted by atomic mass is 19.1. The Hall–Kier alpha value is -2.07. The lowest BCUT2D eigenvalue weighted by molar-refractivity contribution is 0.619. The van der Waals surface area contributed by atoms with Crippen LogP contribution in [0.3, 0.4) is 0 Å². The minimum absolute atomic E-state index is 0.129. The molecule has 0 aliphatic carbocycles. The molecule has 1 aliphatic rings. The van der Waals surface area contributed by atoms with Gasteiger partial charge in [0.05, 0.1) is 5.69 Å². The number of halogens is 1. The summed E-state index contributed by atoms with van der Waals surface area (Å²) in [5, 5.41) is 0. The zero-order chi connectivity index (χ0) is 14.5. The summed E-state index contributed by atoms with van der Waals surface area (Å²) in [6.07, 6.45) is 2.31. The van der Waals surface area contributed by atoms with E-state index in [1.54, 1.807) is 6.07 Å². The Morgan fingerprint density at radius 1 is 1.00 bits per heavy atom. The van der Waals surface area contributed by atoms with Gasteiger partial charge in [-0.2, -0.15) is 0 Å². The molecular weight excluding hydrogens is 265 g/mol. The number of anilines is 2. The molecule has 3 rings (SSSR count). The molecule has 3 nitrogen and oxygen atoms in total. The predicted molar refractivity (Wildman–Crippen MR) is 84.8 cm³/mol. The van der Waals surface area contributed by atoms with Crippen molar-refractivity contribution in [3.8, 4) is 0 Å². The maximum absolute atomic E-state index is 14.2. The molecule has 0 spiro atoms. The highest BCUT2D eigenvalue weighted by Gasteiger charge is 2.15. The van der Waals surface area contributed by atoms with Gasteiger partial charge < -0.3 is 10.3 Å². The molecule has 1 heterocycles. The molecule has 1 fully saturated rings. The van der Waals surface area contributed by atoms with E-state index < -0.39 is 0 Å². The van der Waals surface area contributed by atoms with Crippen molar-refractivity contribution in [3.63, 3.8) is 0 Å². The number of hydrogen-bond acceptors (Lipinski definition) is 3. The Morgan fingerprint density at radius 3 is 2.48 bits per heavy atom. The van der Waals surface area contributed by atoms with Gasteiger partial charge in [0, 0.05) is 25.3 Å². The molecule has 1 saturated heterocycles. The first-order chi connectivity index (χ1) is 10.3. The van der Waals surface area contributed by atoms with Crippen molar-refractivity contribution < 1.29 is 4.39 Å². The normalized spacial score (nSPS) is 14.4. The van der Waals surface area contributed by atoms with Crippen LogP contribution in [-0.2, 0) is 6.54 Å². The van der Waals surface area contributed by atoms with Gasteiger partial charge in [0.2, 0.25) is 0 Å². The van der Waals surface area contributed by atoms with E-state index in [9.17, 15) is 4.39 Å². The van der Waals surface area contributed by atoms with Crippen molar-refractivity contribution in [1.82, 2.24) is 5.43 Å². The second-order valence-corrected chi connectivity index (χ2v) is 5.32. The van der Waals surface area contributed by atoms with Crippen LogP contribution in [0.15, 0.2) is 48.5 Å². The number of benzene rings is 2. The average molecular weight is 285 g/mol. The first-order valence-corrected chi connectivity index (χ1v) is 7.40. The number of nitrogens with one attached hydrogen (secondary N) is 2. The minimum Gasteiger partial charge on any atom is -0.369 e. The van der Waals surface area contributed by atoms with E-state index in [1.807, 2.05) is 42.5 Å². The number of hydrogen-bond donors (Lipinski definition) is 2. The third-order valence-electron chi connectivity index (χ3n) is 3.76. The molecule has 0 saturated carbocycles. The molecule has 2 N–H and O–H groups in total. The van der Waals surface area contributed by atoms with Crippen molar-refractivity contribution in [2.45, 2.75) is 19.4 Å². The van der Waals surface area contributed by atoms with E-state index >= 15 is 0 Å². The second kappa shape index (κ2) is 6.59. The molecule has 0 aromatic heterocycles. The molecule has 0 radical (unpaired) electrons. The molecular formula is C17H20FN3. The molecule has 1 aliphatic heterocycles. The maximum atomic E-state index is 14.2. The summed E-state index contributed by atoms with van der Waals surface area (Å²) < 4.78 is 14.2. The lowest BCUT2D eigenvalue weighted by Gasteiger charge is -2.19. The van der Waals surface area contributed by atoms with E-state index in [2.05, 4.69) is 15.8 Å². The summed E-state index contributed by atoms with van der Waals surface area (Å²) in [7, 11) is 0. The summed E-state index contributed by atoms with van der Waals surface area (Å²) in [5.41, 5.74) is 8.85. The molecule has 4 heteroatoms. The van der Waals surface area contributed by atoms with Crippen LogP contribution in [0, 0.1) is 5.82 Å². The van der Waals surface area contributed by atoms with Gasteiger partial charge in [-0.3, -0.25) is 0 Å². The van der Waals surface area contributed by atoms with Crippen LogP contribution in [0.25, 0.3) is 0 Å². The zero-order valence-corrected chi connectivity index (χ0v) is 12.0. The van der Waals surface area contributed by atoms with Crippen LogP contribution in [-0.4, -0.2) is 13.1 Å². The van der Waals surface area contributed by atoms with Gasteiger partial charge in [0.15, 0.2) is 0 Å². The first kappa shape index (κ1) is 13.9. The van der Waals surface area contributed by atoms with Crippen molar-refractivity contribution in [3.05, 3.63) is 59.9 Å². The summed E-state index contributed by atoms with van der Waals surface area (Å²) in [4.78, 5) is 2.12. The Morgan fingerprint density at radius 2 is 1.76 bits per heavy atom.